The second-order valence-corrected chi connectivity index (χ2v) is 34.1. The number of Topliss-reactive ketones (excluding diaryl/α,β-unsaturated/α-hetero) is 1. The Labute approximate surface area is 702 Å². The summed E-state index contributed by atoms with van der Waals surface area (Å²) >= 11 is 25.1. The first-order valence-electron chi connectivity index (χ1n) is 39.9. The molecular weight excluding hydrogens is 1540 g/mol. The van der Waals surface area contributed by atoms with Crippen molar-refractivity contribution in [2.75, 3.05) is 190 Å². The van der Waals surface area contributed by atoms with Gasteiger partial charge in [-0.2, -0.15) is 0 Å². The molecule has 9 heterocycles. The lowest BCUT2D eigenvalue weighted by atomic mass is 9.95. The number of nitrogens with zero attached hydrogens (tertiary/aromatic N) is 13. The van der Waals surface area contributed by atoms with E-state index in [1.54, 1.807) is 56.0 Å². The monoisotopic (exact) mass is 1660 g/mol. The first-order valence-corrected chi connectivity index (χ1v) is 41.5. The Bertz CT molecular complexity index is 4200. The smallest absolute Gasteiger partial charge is 0.375 e. The summed E-state index contributed by atoms with van der Waals surface area (Å²) in [6.45, 7) is 20.4. The lowest BCUT2D eigenvalue weighted by molar-refractivity contribution is -0.137. The zero-order valence-electron chi connectivity index (χ0n) is 70.5. The summed E-state index contributed by atoms with van der Waals surface area (Å²) in [5, 5.41) is 17.8. The number of nitrogens with one attached hydrogen (secondary N) is 5. The molecule has 3 aromatic carbocycles. The highest BCUT2D eigenvalue weighted by atomic mass is 35.5. The highest BCUT2D eigenvalue weighted by Gasteiger charge is 2.44. The van der Waals surface area contributed by atoms with Gasteiger partial charge in [-0.25, -0.2) is 9.59 Å². The van der Waals surface area contributed by atoms with E-state index in [9.17, 15) is 28.8 Å². The molecule has 0 bridgehead atoms. The van der Waals surface area contributed by atoms with Crippen LogP contribution in [0, 0.1) is 0 Å². The van der Waals surface area contributed by atoms with Gasteiger partial charge in [0.1, 0.15) is 17.2 Å². The Morgan fingerprint density at radius 1 is 0.504 bits per heavy atom. The van der Waals surface area contributed by atoms with Crippen LogP contribution in [-0.2, 0) is 67.2 Å². The van der Waals surface area contributed by atoms with Crippen molar-refractivity contribution >= 4 is 82.0 Å². The van der Waals surface area contributed by atoms with E-state index in [2.05, 4.69) is 138 Å². The van der Waals surface area contributed by atoms with E-state index in [0.29, 0.717) is 25.2 Å². The quantitative estimate of drug-likeness (QED) is 0.0611. The summed E-state index contributed by atoms with van der Waals surface area (Å²) in [7, 11) is 24.7. The van der Waals surface area contributed by atoms with Gasteiger partial charge < -0.3 is 60.7 Å². The Morgan fingerprint density at radius 3 is 1.38 bits per heavy atom. The van der Waals surface area contributed by atoms with Crippen LogP contribution in [0.3, 0.4) is 0 Å². The van der Waals surface area contributed by atoms with E-state index in [4.69, 9.17) is 56.4 Å². The average Bonchev–Trinajstić information content (AvgIpc) is 1.73. The van der Waals surface area contributed by atoms with E-state index in [-0.39, 0.29) is 71.2 Å². The molecule has 6 aromatic rings. The van der Waals surface area contributed by atoms with Crippen molar-refractivity contribution in [1.82, 2.24) is 90.5 Å². The summed E-state index contributed by atoms with van der Waals surface area (Å²) < 4.78 is 4.48. The molecule has 6 fully saturated rings. The number of hydrogen-bond donors (Lipinski definition) is 5. The number of carbonyl (C=O) groups excluding carboxylic acids is 6. The zero-order chi connectivity index (χ0) is 84.0. The van der Waals surface area contributed by atoms with Crippen LogP contribution in [0.2, 0.25) is 15.1 Å². The molecule has 6 aliphatic heterocycles. The van der Waals surface area contributed by atoms with Crippen LogP contribution in [-0.4, -0.2) is 325 Å². The average molecular weight is 1660 g/mol. The van der Waals surface area contributed by atoms with Crippen LogP contribution < -0.4 is 26.6 Å². The molecule has 115 heavy (non-hydrogen) atoms. The van der Waals surface area contributed by atoms with Crippen LogP contribution in [0.1, 0.15) is 112 Å². The largest absolute Gasteiger partial charge is 0.418 e. The molecular formula is C86H124Cl4N18O7. The number of rotatable bonds is 6. The second kappa shape index (κ2) is 44.6. The predicted molar refractivity (Wildman–Crippen MR) is 461 cm³/mol. The summed E-state index contributed by atoms with van der Waals surface area (Å²) in [4.78, 5) is 103. The fraction of sp³-hybridized carbons (Fsp3) is 0.547. The van der Waals surface area contributed by atoms with Gasteiger partial charge >= 0.3 is 12.1 Å². The summed E-state index contributed by atoms with van der Waals surface area (Å²) in [6, 6.07) is 30.2. The van der Waals surface area contributed by atoms with Gasteiger partial charge in [0.15, 0.2) is 0 Å². The van der Waals surface area contributed by atoms with Gasteiger partial charge in [0, 0.05) is 180 Å². The van der Waals surface area contributed by atoms with Crippen molar-refractivity contribution in [2.24, 2.45) is 0 Å². The number of ketones is 1. The highest BCUT2D eigenvalue weighted by molar-refractivity contribution is 6.31. The normalized spacial score (nSPS) is 22.5. The van der Waals surface area contributed by atoms with Crippen molar-refractivity contribution in [3.05, 3.63) is 192 Å². The van der Waals surface area contributed by atoms with Crippen LogP contribution in [0.25, 0.3) is 0 Å². The fourth-order valence-electron chi connectivity index (χ4n) is 15.0. The molecule has 5 N–H and O–H groups in total. The third kappa shape index (κ3) is 26.2. The Balaban J connectivity index is 0.000000174. The van der Waals surface area contributed by atoms with Crippen LogP contribution >= 0.6 is 46.4 Å². The van der Waals surface area contributed by atoms with Gasteiger partial charge in [0.05, 0.1) is 53.3 Å². The summed E-state index contributed by atoms with van der Waals surface area (Å²) in [6.07, 6.45) is 10.9. The highest BCUT2D eigenvalue weighted by Crippen LogP contribution is 2.41. The van der Waals surface area contributed by atoms with E-state index in [1.165, 1.54) is 49.4 Å². The molecule has 0 radical (unpaired) electrons. The number of piperazine rings is 5. The third-order valence-corrected chi connectivity index (χ3v) is 23.2. The molecule has 9 aliphatic rings. The van der Waals surface area contributed by atoms with Crippen molar-refractivity contribution in [3.63, 3.8) is 0 Å². The van der Waals surface area contributed by atoms with E-state index in [0.717, 1.165) is 155 Å². The summed E-state index contributed by atoms with van der Waals surface area (Å²) in [5.41, 5.74) is 14.8. The minimum absolute atomic E-state index is 0.0150. The number of likely N-dealkylation sites (N-methyl/N-ethyl adjacent to an activating group) is 6. The molecule has 3 aromatic heterocycles. The van der Waals surface area contributed by atoms with Gasteiger partial charge in [0.25, 0.3) is 0 Å². The van der Waals surface area contributed by atoms with Gasteiger partial charge in [0.2, 0.25) is 17.7 Å². The van der Waals surface area contributed by atoms with Crippen LogP contribution in [0.5, 0.6) is 0 Å². The summed E-state index contributed by atoms with van der Waals surface area (Å²) in [5.74, 6) is 0.250. The molecule has 6 saturated heterocycles. The Hall–Kier alpha value is -7.15. The molecule has 4 amide bonds. The van der Waals surface area contributed by atoms with Gasteiger partial charge in [-0.3, -0.25) is 53.7 Å². The number of aryl methyl sites for hydroxylation is 6. The molecule has 628 valence electrons. The zero-order valence-corrected chi connectivity index (χ0v) is 73.6. The lowest BCUT2D eigenvalue weighted by Gasteiger charge is -2.42. The van der Waals surface area contributed by atoms with Crippen molar-refractivity contribution in [2.45, 2.75) is 119 Å². The minimum Gasteiger partial charge on any atom is -0.375 e. The third-order valence-electron chi connectivity index (χ3n) is 22.0. The van der Waals surface area contributed by atoms with Crippen LogP contribution in [0.15, 0.2) is 110 Å². The SMILES string of the molecule is CC(=O)C1CN(C2c3ccc(Cl)cc3CCc3cccnc32)CCN1C.CN(C)C(=O)C1CN(C2c3ccc(Cl)cc3CCc3cccnc32)CCN1.CN(C)C(=O)C1CNCCN1.CN(C)C(C)(C)C.CN1CCN2C(=O)OC(=O)C2C1.CN1CCNC(C(=O)N(C)C)C1.CNC.Clc1ccc2c(c1)CCc1cccnc1C2Cl. The maximum absolute atomic E-state index is 12.5. The topological polar surface area (TPSA) is 243 Å². The molecule has 0 saturated carbocycles. The number of amides is 4. The number of benzene rings is 3. The Kier molecular flexibility index (Phi) is 36.2. The molecule has 3 aliphatic carbocycles. The molecule has 29 heteroatoms. The Morgan fingerprint density at radius 2 is 0.922 bits per heavy atom. The van der Waals surface area contributed by atoms with Gasteiger partial charge in [-0.1, -0.05) is 71.2 Å². The van der Waals surface area contributed by atoms with Crippen molar-refractivity contribution < 1.29 is 33.5 Å². The van der Waals surface area contributed by atoms with Crippen molar-refractivity contribution in [1.29, 1.82) is 0 Å². The minimum atomic E-state index is -0.488. The number of alkyl halides is 1. The number of pyridine rings is 3. The number of fused-ring (bicyclic) bond motifs is 7. The second-order valence-electron chi connectivity index (χ2n) is 32.3. The van der Waals surface area contributed by atoms with Crippen molar-refractivity contribution in [3.8, 4) is 0 Å². The number of aromatic nitrogens is 3. The van der Waals surface area contributed by atoms with Crippen LogP contribution in [0.4, 0.5) is 4.79 Å². The molecule has 0 spiro atoms. The number of carbonyl (C=O) groups is 6. The van der Waals surface area contributed by atoms with E-state index >= 15 is 0 Å². The first-order chi connectivity index (χ1) is 54.7. The standard InChI is InChI=1S/C21H25ClN4O.C21H24ClN3O.C14H11Cl2N.C8H17N3O.C7H15N3O.C7H10N2O3.C6H15N.C2H7N/c1-25(2)21(27)18-13-26(11-10-23-18)20-17-8-7-16(22)12-15(17)6-5-14-4-3-9-24-19(14)20;1-14(26)19-13-25(11-10-24(19)2)21-18-8-7-17(22)12-16(18)6-5-15-4-3-9-23-20(15)21;15-11-5-6-12-10(8-11)4-3-9-2-1-7-17-14(9)13(12)16;1-10(2)8(12)7-6-11(3)5-4-9-7;1-10(2)7(11)6-5-8-3-4-9-6;1-8-2-3-9-5(4-8)6(10)12-7(9)11;1-6(2,3)7(4)5;1-3-2/h3-4,7-9,12,18,20,23H,5-6,10-11,13H2,1-2H3;3-4,7-9,12,19,21H,5-6,10-11,13H2,1-2H3;1-2,5-8,13H,3-4H2;7,9H,4-6H2,1-3H3;6,8-9H,3-5H2,1-2H3;5H,2-4H2,1H3;1-5H3;3H,1-2H3. The van der Waals surface area contributed by atoms with E-state index < -0.39 is 12.1 Å². The molecule has 8 atom stereocenters. The van der Waals surface area contributed by atoms with Gasteiger partial charge in [-0.05, 0) is 220 Å². The number of cyclic esters (lactones) is 2. The van der Waals surface area contributed by atoms with E-state index in [1.807, 2.05) is 115 Å². The molecule has 15 rings (SSSR count). The maximum atomic E-state index is 12.5. The first kappa shape index (κ1) is 93.3. The maximum Gasteiger partial charge on any atom is 0.418 e. The fourth-order valence-corrected chi connectivity index (χ4v) is 16.0. The number of halogens is 4. The number of ether oxygens (including phenoxy) is 1. The predicted octanol–water partition coefficient (Wildman–Crippen LogP) is 7.65. The molecule has 8 unspecified atom stereocenters. The molecule has 25 nitrogen and oxygen atoms in total. The van der Waals surface area contributed by atoms with Gasteiger partial charge in [-0.15, -0.1) is 11.6 Å². The lowest BCUT2D eigenvalue weighted by Crippen LogP contribution is -2.57. The number of hydrogen-bond acceptors (Lipinski definition) is 21. The number of esters is 1.